The SMILES string of the molecule is COCc1nc(N2CC3CCCC3C2)sc1C(=O)O. The number of rotatable bonds is 4. The van der Waals surface area contributed by atoms with Gasteiger partial charge >= 0.3 is 5.97 Å². The van der Waals surface area contributed by atoms with Gasteiger partial charge in [0.05, 0.1) is 12.3 Å². The lowest BCUT2D eigenvalue weighted by Crippen LogP contribution is -2.20. The lowest BCUT2D eigenvalue weighted by Gasteiger charge is -2.15. The third-order valence-electron chi connectivity index (χ3n) is 4.16. The molecule has 19 heavy (non-hydrogen) atoms. The molecule has 0 amide bonds. The van der Waals surface area contributed by atoms with Crippen LogP contribution in [-0.4, -0.2) is 36.3 Å². The van der Waals surface area contributed by atoms with Gasteiger partial charge in [-0.15, -0.1) is 0 Å². The van der Waals surface area contributed by atoms with Crippen molar-refractivity contribution >= 4 is 22.4 Å². The van der Waals surface area contributed by atoms with Crippen LogP contribution in [0.2, 0.25) is 0 Å². The number of thiazole rings is 1. The van der Waals surface area contributed by atoms with Gasteiger partial charge in [-0.25, -0.2) is 9.78 Å². The normalized spacial score (nSPS) is 25.8. The first kappa shape index (κ1) is 12.9. The van der Waals surface area contributed by atoms with Crippen molar-refractivity contribution in [3.05, 3.63) is 10.6 Å². The molecule has 2 aliphatic rings. The predicted molar refractivity (Wildman–Crippen MR) is 72.8 cm³/mol. The van der Waals surface area contributed by atoms with Crippen LogP contribution in [0.1, 0.15) is 34.6 Å². The number of carboxylic acids is 1. The van der Waals surface area contributed by atoms with E-state index in [0.717, 1.165) is 30.1 Å². The molecular formula is C13H18N2O3S. The highest BCUT2D eigenvalue weighted by atomic mass is 32.1. The summed E-state index contributed by atoms with van der Waals surface area (Å²) in [7, 11) is 1.56. The molecule has 2 heterocycles. The maximum absolute atomic E-state index is 11.2. The average Bonchev–Trinajstić information content (AvgIpc) is 2.99. The second-order valence-corrected chi connectivity index (χ2v) is 6.34. The molecule has 1 aliphatic carbocycles. The highest BCUT2D eigenvalue weighted by Gasteiger charge is 2.37. The van der Waals surface area contributed by atoms with Crippen molar-refractivity contribution in [3.8, 4) is 0 Å². The summed E-state index contributed by atoms with van der Waals surface area (Å²) >= 11 is 1.28. The molecule has 5 nitrogen and oxygen atoms in total. The summed E-state index contributed by atoms with van der Waals surface area (Å²) in [5.74, 6) is 0.654. The van der Waals surface area contributed by atoms with E-state index in [1.165, 1.54) is 30.6 Å². The lowest BCUT2D eigenvalue weighted by atomic mass is 10.0. The molecule has 2 fully saturated rings. The fraction of sp³-hybridized carbons (Fsp3) is 0.692. The third kappa shape index (κ3) is 2.34. The minimum atomic E-state index is -0.907. The topological polar surface area (TPSA) is 62.7 Å². The summed E-state index contributed by atoms with van der Waals surface area (Å²) < 4.78 is 5.03. The van der Waals surface area contributed by atoms with Crippen LogP contribution in [0, 0.1) is 11.8 Å². The summed E-state index contributed by atoms with van der Waals surface area (Å²) in [4.78, 5) is 18.3. The van der Waals surface area contributed by atoms with Crippen molar-refractivity contribution < 1.29 is 14.6 Å². The summed E-state index contributed by atoms with van der Waals surface area (Å²) in [6.45, 7) is 2.33. The number of hydrogen-bond donors (Lipinski definition) is 1. The highest BCUT2D eigenvalue weighted by molar-refractivity contribution is 7.17. The van der Waals surface area contributed by atoms with E-state index >= 15 is 0 Å². The van der Waals surface area contributed by atoms with E-state index in [1.54, 1.807) is 7.11 Å². The zero-order chi connectivity index (χ0) is 13.4. The van der Waals surface area contributed by atoms with Gasteiger partial charge in [0.25, 0.3) is 0 Å². The number of methoxy groups -OCH3 is 1. The smallest absolute Gasteiger partial charge is 0.347 e. The number of anilines is 1. The van der Waals surface area contributed by atoms with E-state index in [9.17, 15) is 9.90 Å². The molecule has 104 valence electrons. The fourth-order valence-corrected chi connectivity index (χ4v) is 4.19. The van der Waals surface area contributed by atoms with Gasteiger partial charge in [0.2, 0.25) is 0 Å². The molecule has 1 saturated heterocycles. The lowest BCUT2D eigenvalue weighted by molar-refractivity contribution is 0.0697. The molecule has 0 spiro atoms. The maximum Gasteiger partial charge on any atom is 0.347 e. The van der Waals surface area contributed by atoms with Crippen molar-refractivity contribution in [2.45, 2.75) is 25.9 Å². The molecule has 2 unspecified atom stereocenters. The first-order chi connectivity index (χ1) is 9.19. The molecule has 1 N–H and O–H groups in total. The number of ether oxygens (including phenoxy) is 1. The molecule has 1 aliphatic heterocycles. The van der Waals surface area contributed by atoms with Crippen LogP contribution in [0.4, 0.5) is 5.13 Å². The van der Waals surface area contributed by atoms with Gasteiger partial charge in [-0.1, -0.05) is 17.8 Å². The monoisotopic (exact) mass is 282 g/mol. The van der Waals surface area contributed by atoms with E-state index < -0.39 is 5.97 Å². The Bertz CT molecular complexity index is 476. The van der Waals surface area contributed by atoms with Gasteiger partial charge in [-0.05, 0) is 24.7 Å². The van der Waals surface area contributed by atoms with E-state index in [-0.39, 0.29) is 6.61 Å². The molecule has 1 aromatic rings. The van der Waals surface area contributed by atoms with Crippen LogP contribution in [-0.2, 0) is 11.3 Å². The minimum absolute atomic E-state index is 0.263. The van der Waals surface area contributed by atoms with E-state index in [4.69, 9.17) is 4.74 Å². The number of carbonyl (C=O) groups is 1. The van der Waals surface area contributed by atoms with Crippen LogP contribution in [0.5, 0.6) is 0 Å². The number of aromatic carboxylic acids is 1. The Kier molecular flexibility index (Phi) is 3.45. The van der Waals surface area contributed by atoms with Crippen LogP contribution in [0.3, 0.4) is 0 Å². The summed E-state index contributed by atoms with van der Waals surface area (Å²) in [6, 6.07) is 0. The maximum atomic E-state index is 11.2. The Hall–Kier alpha value is -1.14. The largest absolute Gasteiger partial charge is 0.477 e. The first-order valence-electron chi connectivity index (χ1n) is 6.66. The van der Waals surface area contributed by atoms with E-state index in [0.29, 0.717) is 10.6 Å². The van der Waals surface area contributed by atoms with Crippen molar-refractivity contribution in [2.75, 3.05) is 25.1 Å². The quantitative estimate of drug-likeness (QED) is 0.917. The van der Waals surface area contributed by atoms with E-state index in [1.807, 2.05) is 0 Å². The summed E-state index contributed by atoms with van der Waals surface area (Å²) in [5, 5.41) is 10.1. The highest BCUT2D eigenvalue weighted by Crippen LogP contribution is 2.41. The molecule has 0 bridgehead atoms. The molecule has 0 aromatic carbocycles. The Labute approximate surface area is 116 Å². The zero-order valence-corrected chi connectivity index (χ0v) is 11.8. The van der Waals surface area contributed by atoms with Gasteiger partial charge in [-0.3, -0.25) is 0 Å². The van der Waals surface area contributed by atoms with Gasteiger partial charge in [-0.2, -0.15) is 0 Å². The predicted octanol–water partition coefficient (Wildman–Crippen LogP) is 2.22. The van der Waals surface area contributed by atoms with E-state index in [2.05, 4.69) is 9.88 Å². The molecule has 0 radical (unpaired) electrons. The van der Waals surface area contributed by atoms with Crippen molar-refractivity contribution in [1.29, 1.82) is 0 Å². The van der Waals surface area contributed by atoms with Crippen molar-refractivity contribution in [1.82, 2.24) is 4.98 Å². The fourth-order valence-electron chi connectivity index (χ4n) is 3.27. The van der Waals surface area contributed by atoms with Gasteiger partial charge < -0.3 is 14.7 Å². The number of carboxylic acid groups (broad SMARTS) is 1. The molecule has 1 saturated carbocycles. The molecular weight excluding hydrogens is 264 g/mol. The second kappa shape index (κ2) is 5.09. The Morgan fingerprint density at radius 2 is 2.16 bits per heavy atom. The van der Waals surface area contributed by atoms with Crippen LogP contribution in [0.15, 0.2) is 0 Å². The third-order valence-corrected chi connectivity index (χ3v) is 5.30. The zero-order valence-electron chi connectivity index (χ0n) is 11.0. The Morgan fingerprint density at radius 1 is 1.47 bits per heavy atom. The van der Waals surface area contributed by atoms with Gasteiger partial charge in [0.15, 0.2) is 5.13 Å². The van der Waals surface area contributed by atoms with Crippen LogP contribution in [0.25, 0.3) is 0 Å². The van der Waals surface area contributed by atoms with Crippen molar-refractivity contribution in [3.63, 3.8) is 0 Å². The van der Waals surface area contributed by atoms with Crippen LogP contribution < -0.4 is 4.90 Å². The summed E-state index contributed by atoms with van der Waals surface area (Å²) in [5.41, 5.74) is 0.548. The number of fused-ring (bicyclic) bond motifs is 1. The first-order valence-corrected chi connectivity index (χ1v) is 7.47. The van der Waals surface area contributed by atoms with Gasteiger partial charge in [0, 0.05) is 20.2 Å². The molecule has 6 heteroatoms. The molecule has 1 aromatic heterocycles. The average molecular weight is 282 g/mol. The Balaban J connectivity index is 1.81. The second-order valence-electron chi connectivity index (χ2n) is 5.37. The molecule has 3 rings (SSSR count). The standard InChI is InChI=1S/C13H18N2O3S/c1-18-7-10-11(12(16)17)19-13(14-10)15-5-8-3-2-4-9(8)6-15/h8-9H,2-7H2,1H3,(H,16,17). The summed E-state index contributed by atoms with van der Waals surface area (Å²) in [6.07, 6.45) is 3.96. The number of aromatic nitrogens is 1. The number of hydrogen-bond acceptors (Lipinski definition) is 5. The Morgan fingerprint density at radius 3 is 2.74 bits per heavy atom. The molecule has 2 atom stereocenters. The van der Waals surface area contributed by atoms with Crippen LogP contribution >= 0.6 is 11.3 Å². The minimum Gasteiger partial charge on any atom is -0.477 e. The van der Waals surface area contributed by atoms with Gasteiger partial charge in [0.1, 0.15) is 4.88 Å². The van der Waals surface area contributed by atoms with Crippen molar-refractivity contribution in [2.24, 2.45) is 11.8 Å². The number of nitrogens with zero attached hydrogens (tertiary/aromatic N) is 2.